The van der Waals surface area contributed by atoms with Gasteiger partial charge in [-0.05, 0) is 5.56 Å². The lowest BCUT2D eigenvalue weighted by Crippen LogP contribution is -2.18. The number of nitrogens with one attached hydrogen (secondary N) is 1. The molecule has 0 aliphatic carbocycles. The van der Waals surface area contributed by atoms with Crippen LogP contribution in [0.4, 0.5) is 0 Å². The molecule has 0 amide bonds. The van der Waals surface area contributed by atoms with Crippen LogP contribution in [-0.4, -0.2) is 10.7 Å². The van der Waals surface area contributed by atoms with Crippen molar-refractivity contribution >= 4 is 23.1 Å². The lowest BCUT2D eigenvalue weighted by Gasteiger charge is -2.26. The van der Waals surface area contributed by atoms with Crippen LogP contribution in [0.2, 0.25) is 0 Å². The van der Waals surface area contributed by atoms with Gasteiger partial charge in [0.25, 0.3) is 0 Å². The molecule has 0 radical (unpaired) electrons. The molecule has 0 spiro atoms. The van der Waals surface area contributed by atoms with E-state index in [-0.39, 0.29) is 16.7 Å². The van der Waals surface area contributed by atoms with Crippen LogP contribution in [0.15, 0.2) is 40.2 Å². The maximum absolute atomic E-state index is 11.5. The third-order valence-corrected chi connectivity index (χ3v) is 5.29. The minimum atomic E-state index is -0.0728. The van der Waals surface area contributed by atoms with Crippen molar-refractivity contribution in [1.29, 1.82) is 5.26 Å². The van der Waals surface area contributed by atoms with Crippen LogP contribution in [0.5, 0.6) is 0 Å². The number of aromatic nitrogens is 1. The van der Waals surface area contributed by atoms with E-state index < -0.39 is 0 Å². The quantitative estimate of drug-likeness (QED) is 0.870. The average molecular weight is 274 g/mol. The van der Waals surface area contributed by atoms with E-state index in [1.807, 2.05) is 30.3 Å². The number of hydrogen-bond donors (Lipinski definition) is 1. The van der Waals surface area contributed by atoms with Crippen LogP contribution in [0, 0.1) is 17.2 Å². The Bertz CT molecular complexity index is 654. The van der Waals surface area contributed by atoms with Gasteiger partial charge in [-0.15, -0.1) is 11.8 Å². The molecule has 0 saturated heterocycles. The van der Waals surface area contributed by atoms with Gasteiger partial charge in [0.05, 0.1) is 17.0 Å². The number of rotatable bonds is 1. The van der Waals surface area contributed by atoms with E-state index in [4.69, 9.17) is 0 Å². The standard InChI is InChI=1S/C13H10N2OS2/c14-6-9-7-17-12-11(18-13(16)15-12)10(9)8-4-2-1-3-5-8/h1-5,9-10H,7H2,(H,15,16). The summed E-state index contributed by atoms with van der Waals surface area (Å²) in [5.74, 6) is 0.683. The fraction of sp³-hybridized carbons (Fsp3) is 0.231. The van der Waals surface area contributed by atoms with Gasteiger partial charge >= 0.3 is 4.87 Å². The van der Waals surface area contributed by atoms with Gasteiger partial charge in [-0.3, -0.25) is 4.79 Å². The number of benzene rings is 1. The molecule has 2 unspecified atom stereocenters. The van der Waals surface area contributed by atoms with Crippen molar-refractivity contribution in [2.75, 3.05) is 5.75 Å². The second-order valence-corrected chi connectivity index (χ2v) is 6.19. The van der Waals surface area contributed by atoms with Crippen molar-refractivity contribution in [2.24, 2.45) is 5.92 Å². The Morgan fingerprint density at radius 1 is 1.33 bits per heavy atom. The molecule has 1 N–H and O–H groups in total. The summed E-state index contributed by atoms with van der Waals surface area (Å²) < 4.78 is 0. The van der Waals surface area contributed by atoms with Crippen LogP contribution in [0.25, 0.3) is 0 Å². The predicted octanol–water partition coefficient (Wildman–Crippen LogP) is 2.81. The van der Waals surface area contributed by atoms with Gasteiger partial charge in [-0.1, -0.05) is 41.7 Å². The fourth-order valence-electron chi connectivity index (χ4n) is 2.25. The van der Waals surface area contributed by atoms with Gasteiger partial charge in [-0.2, -0.15) is 5.26 Å². The Morgan fingerprint density at radius 2 is 2.11 bits per heavy atom. The minimum absolute atomic E-state index is 0.0244. The number of thiazole rings is 1. The summed E-state index contributed by atoms with van der Waals surface area (Å²) in [6.45, 7) is 0. The lowest BCUT2D eigenvalue weighted by molar-refractivity contribution is 0.632. The number of H-pyrrole nitrogens is 1. The molecule has 3 nitrogen and oxygen atoms in total. The molecule has 0 saturated carbocycles. The first-order valence-electron chi connectivity index (χ1n) is 5.60. The van der Waals surface area contributed by atoms with Crippen molar-refractivity contribution in [3.63, 3.8) is 0 Å². The topological polar surface area (TPSA) is 56.6 Å². The van der Waals surface area contributed by atoms with Crippen molar-refractivity contribution in [1.82, 2.24) is 4.98 Å². The van der Waals surface area contributed by atoms with E-state index in [2.05, 4.69) is 11.1 Å². The summed E-state index contributed by atoms with van der Waals surface area (Å²) in [4.78, 5) is 15.3. The number of nitriles is 1. The monoisotopic (exact) mass is 274 g/mol. The molecular formula is C13H10N2OS2. The van der Waals surface area contributed by atoms with Crippen LogP contribution < -0.4 is 4.87 Å². The first-order chi connectivity index (χ1) is 8.79. The summed E-state index contributed by atoms with van der Waals surface area (Å²) in [7, 11) is 0. The molecule has 5 heteroatoms. The molecule has 18 heavy (non-hydrogen) atoms. The zero-order chi connectivity index (χ0) is 12.5. The van der Waals surface area contributed by atoms with Crippen molar-refractivity contribution in [2.45, 2.75) is 10.9 Å². The first-order valence-corrected chi connectivity index (χ1v) is 7.40. The molecule has 90 valence electrons. The Labute approximate surface area is 112 Å². The third-order valence-electron chi connectivity index (χ3n) is 3.06. The highest BCUT2D eigenvalue weighted by atomic mass is 32.2. The Morgan fingerprint density at radius 3 is 2.83 bits per heavy atom. The van der Waals surface area contributed by atoms with Crippen molar-refractivity contribution in [3.05, 3.63) is 50.4 Å². The zero-order valence-corrected chi connectivity index (χ0v) is 11.1. The van der Waals surface area contributed by atoms with Gasteiger partial charge in [0.2, 0.25) is 0 Å². The van der Waals surface area contributed by atoms with E-state index in [9.17, 15) is 10.1 Å². The molecule has 2 atom stereocenters. The number of nitrogens with zero attached hydrogens (tertiary/aromatic N) is 1. The fourth-order valence-corrected chi connectivity index (χ4v) is 4.58. The van der Waals surface area contributed by atoms with Crippen molar-refractivity contribution < 1.29 is 0 Å². The Kier molecular flexibility index (Phi) is 2.98. The van der Waals surface area contributed by atoms with Crippen molar-refractivity contribution in [3.8, 4) is 6.07 Å². The maximum Gasteiger partial charge on any atom is 0.305 e. The number of aromatic amines is 1. The van der Waals surface area contributed by atoms with Crippen LogP contribution in [-0.2, 0) is 0 Å². The number of thioether (sulfide) groups is 1. The smallest absolute Gasteiger partial charge is 0.305 e. The van der Waals surface area contributed by atoms with E-state index in [1.165, 1.54) is 11.3 Å². The largest absolute Gasteiger partial charge is 0.307 e. The minimum Gasteiger partial charge on any atom is -0.307 e. The normalized spacial score (nSPS) is 22.2. The molecule has 1 aromatic heterocycles. The van der Waals surface area contributed by atoms with Gasteiger partial charge in [0.15, 0.2) is 0 Å². The van der Waals surface area contributed by atoms with Gasteiger partial charge in [-0.25, -0.2) is 0 Å². The third kappa shape index (κ3) is 1.88. The molecule has 2 aromatic rings. The van der Waals surface area contributed by atoms with Gasteiger partial charge < -0.3 is 4.98 Å². The van der Waals surface area contributed by atoms with Crippen LogP contribution in [0.1, 0.15) is 16.4 Å². The van der Waals surface area contributed by atoms with E-state index in [0.717, 1.165) is 21.2 Å². The summed E-state index contributed by atoms with van der Waals surface area (Å²) in [6.07, 6.45) is 0. The Balaban J connectivity index is 2.15. The average Bonchev–Trinajstić information content (AvgIpc) is 2.78. The lowest BCUT2D eigenvalue weighted by atomic mass is 9.87. The molecule has 0 bridgehead atoms. The summed E-state index contributed by atoms with van der Waals surface area (Å²) in [5, 5.41) is 10.2. The zero-order valence-electron chi connectivity index (χ0n) is 9.42. The molecule has 3 rings (SSSR count). The van der Waals surface area contributed by atoms with Crippen LogP contribution in [0.3, 0.4) is 0 Å². The molecule has 1 aromatic carbocycles. The molecule has 2 heterocycles. The van der Waals surface area contributed by atoms with E-state index in [1.54, 1.807) is 11.8 Å². The second kappa shape index (κ2) is 4.63. The first kappa shape index (κ1) is 11.6. The molecule has 1 aliphatic rings. The predicted molar refractivity (Wildman–Crippen MR) is 73.1 cm³/mol. The maximum atomic E-state index is 11.5. The highest BCUT2D eigenvalue weighted by molar-refractivity contribution is 7.99. The summed E-state index contributed by atoms with van der Waals surface area (Å²) in [6, 6.07) is 12.3. The summed E-state index contributed by atoms with van der Waals surface area (Å²) in [5.41, 5.74) is 1.11. The highest BCUT2D eigenvalue weighted by Crippen LogP contribution is 2.44. The number of hydrogen-bond acceptors (Lipinski definition) is 4. The number of fused-ring (bicyclic) bond motifs is 1. The molecular weight excluding hydrogens is 264 g/mol. The SMILES string of the molecule is N#CC1CSc2[nH]c(=O)sc2C1c1ccccc1. The Hall–Kier alpha value is -1.51. The van der Waals surface area contributed by atoms with Crippen LogP contribution >= 0.6 is 23.1 Å². The van der Waals surface area contributed by atoms with Gasteiger partial charge in [0.1, 0.15) is 0 Å². The second-order valence-electron chi connectivity index (χ2n) is 4.14. The van der Waals surface area contributed by atoms with Gasteiger partial charge in [0, 0.05) is 16.5 Å². The molecule has 0 fully saturated rings. The van der Waals surface area contributed by atoms with E-state index >= 15 is 0 Å². The van der Waals surface area contributed by atoms with E-state index in [0.29, 0.717) is 0 Å². The summed E-state index contributed by atoms with van der Waals surface area (Å²) >= 11 is 2.80. The molecule has 1 aliphatic heterocycles. The highest BCUT2D eigenvalue weighted by Gasteiger charge is 2.33.